The molecule has 0 radical (unpaired) electrons. The van der Waals surface area contributed by atoms with Crippen LogP contribution >= 0.6 is 15.9 Å². The smallest absolute Gasteiger partial charge is 0.0269 e. The first kappa shape index (κ1) is 9.75. The molecular weight excluding hydrogens is 214 g/mol. The maximum Gasteiger partial charge on any atom is 0.0269 e. The van der Waals surface area contributed by atoms with Gasteiger partial charge in [0.2, 0.25) is 0 Å². The van der Waals surface area contributed by atoms with E-state index in [1.54, 1.807) is 0 Å². The fraction of sp³-hybridized carbons (Fsp3) is 0.400. The summed E-state index contributed by atoms with van der Waals surface area (Å²) in [5.74, 6) is 0. The quantitative estimate of drug-likeness (QED) is 0.785. The van der Waals surface area contributed by atoms with Gasteiger partial charge in [-0.25, -0.2) is 0 Å². The Kier molecular flexibility index (Phi) is 2.91. The highest BCUT2D eigenvalue weighted by Gasteiger charge is 2.06. The number of hydrogen-bond donors (Lipinski definition) is 1. The average molecular weight is 228 g/mol. The number of hydrogen-bond acceptors (Lipinski definition) is 1. The van der Waals surface area contributed by atoms with Crippen molar-refractivity contribution >= 4 is 15.9 Å². The summed E-state index contributed by atoms with van der Waals surface area (Å²) in [6.45, 7) is 6.17. The predicted octanol–water partition coefficient (Wildman–Crippen LogP) is 3.09. The Labute approximate surface area is 82.1 Å². The zero-order valence-corrected chi connectivity index (χ0v) is 9.27. The van der Waals surface area contributed by atoms with Crippen LogP contribution < -0.4 is 5.73 Å². The minimum Gasteiger partial charge on any atom is -0.324 e. The summed E-state index contributed by atoms with van der Waals surface area (Å²) in [7, 11) is 0. The molecule has 1 rings (SSSR count). The normalized spacial score (nSPS) is 13.1. The third-order valence-corrected chi connectivity index (χ3v) is 2.84. The summed E-state index contributed by atoms with van der Waals surface area (Å²) in [4.78, 5) is 0. The fourth-order valence-corrected chi connectivity index (χ4v) is 1.90. The average Bonchev–Trinajstić information content (AvgIpc) is 1.96. The van der Waals surface area contributed by atoms with Gasteiger partial charge in [-0.2, -0.15) is 0 Å². The topological polar surface area (TPSA) is 26.0 Å². The molecule has 0 saturated carbocycles. The SMILES string of the molecule is Cc1cc(Br)c(C)c(C(C)N)c1. The maximum absolute atomic E-state index is 5.83. The minimum atomic E-state index is 0.112. The lowest BCUT2D eigenvalue weighted by Crippen LogP contribution is -2.07. The van der Waals surface area contributed by atoms with Crippen LogP contribution in [0.5, 0.6) is 0 Å². The Bertz CT molecular complexity index is 292. The van der Waals surface area contributed by atoms with Gasteiger partial charge in [-0.3, -0.25) is 0 Å². The highest BCUT2D eigenvalue weighted by atomic mass is 79.9. The Morgan fingerprint density at radius 1 is 1.33 bits per heavy atom. The fourth-order valence-electron chi connectivity index (χ4n) is 1.31. The molecular formula is C10H14BrN. The van der Waals surface area contributed by atoms with Gasteiger partial charge < -0.3 is 5.73 Å². The van der Waals surface area contributed by atoms with Crippen LogP contribution in [0.15, 0.2) is 16.6 Å². The van der Waals surface area contributed by atoms with Crippen molar-refractivity contribution in [3.05, 3.63) is 33.3 Å². The van der Waals surface area contributed by atoms with Crippen molar-refractivity contribution in [2.75, 3.05) is 0 Å². The Morgan fingerprint density at radius 3 is 2.42 bits per heavy atom. The molecule has 0 amide bonds. The van der Waals surface area contributed by atoms with Crippen LogP contribution in [0.1, 0.15) is 29.7 Å². The molecule has 66 valence electrons. The molecule has 0 aliphatic carbocycles. The third kappa shape index (κ3) is 1.87. The molecule has 2 heteroatoms. The molecule has 0 bridgehead atoms. The number of benzene rings is 1. The first-order valence-corrected chi connectivity index (χ1v) is 4.84. The highest BCUT2D eigenvalue weighted by Crippen LogP contribution is 2.25. The Balaban J connectivity index is 3.28. The minimum absolute atomic E-state index is 0.112. The van der Waals surface area contributed by atoms with E-state index in [9.17, 15) is 0 Å². The Morgan fingerprint density at radius 2 is 1.92 bits per heavy atom. The monoisotopic (exact) mass is 227 g/mol. The van der Waals surface area contributed by atoms with Crippen molar-refractivity contribution in [1.82, 2.24) is 0 Å². The molecule has 1 nitrogen and oxygen atoms in total. The van der Waals surface area contributed by atoms with Gasteiger partial charge in [0.25, 0.3) is 0 Å². The number of halogens is 1. The van der Waals surface area contributed by atoms with Gasteiger partial charge >= 0.3 is 0 Å². The van der Waals surface area contributed by atoms with Crippen LogP contribution in [0.3, 0.4) is 0 Å². The first-order chi connectivity index (χ1) is 5.52. The molecule has 1 atom stereocenters. The molecule has 1 aromatic carbocycles. The van der Waals surface area contributed by atoms with E-state index in [4.69, 9.17) is 5.73 Å². The lowest BCUT2D eigenvalue weighted by molar-refractivity contribution is 0.807. The zero-order valence-electron chi connectivity index (χ0n) is 7.69. The predicted molar refractivity (Wildman–Crippen MR) is 56.2 cm³/mol. The van der Waals surface area contributed by atoms with E-state index in [1.807, 2.05) is 6.92 Å². The second-order valence-electron chi connectivity index (χ2n) is 3.25. The van der Waals surface area contributed by atoms with Crippen LogP contribution in [-0.4, -0.2) is 0 Å². The van der Waals surface area contributed by atoms with Crippen molar-refractivity contribution in [3.63, 3.8) is 0 Å². The molecule has 12 heavy (non-hydrogen) atoms. The summed E-state index contributed by atoms with van der Waals surface area (Å²) in [5.41, 5.74) is 9.55. The summed E-state index contributed by atoms with van der Waals surface area (Å²) in [6, 6.07) is 4.37. The number of nitrogens with two attached hydrogens (primary N) is 1. The molecule has 1 aromatic rings. The van der Waals surface area contributed by atoms with E-state index in [1.165, 1.54) is 16.7 Å². The Hall–Kier alpha value is -0.340. The van der Waals surface area contributed by atoms with E-state index < -0.39 is 0 Å². The van der Waals surface area contributed by atoms with Crippen LogP contribution in [0.2, 0.25) is 0 Å². The zero-order chi connectivity index (χ0) is 9.30. The van der Waals surface area contributed by atoms with Crippen LogP contribution in [0.25, 0.3) is 0 Å². The number of aryl methyl sites for hydroxylation is 1. The number of rotatable bonds is 1. The molecule has 0 spiro atoms. The van der Waals surface area contributed by atoms with Gasteiger partial charge in [-0.15, -0.1) is 0 Å². The molecule has 0 aromatic heterocycles. The van der Waals surface area contributed by atoms with E-state index in [0.29, 0.717) is 0 Å². The molecule has 0 aliphatic rings. The van der Waals surface area contributed by atoms with Crippen molar-refractivity contribution in [2.45, 2.75) is 26.8 Å². The lowest BCUT2D eigenvalue weighted by atomic mass is 10.0. The maximum atomic E-state index is 5.83. The summed E-state index contributed by atoms with van der Waals surface area (Å²) in [6.07, 6.45) is 0. The van der Waals surface area contributed by atoms with Crippen molar-refractivity contribution in [1.29, 1.82) is 0 Å². The highest BCUT2D eigenvalue weighted by molar-refractivity contribution is 9.10. The van der Waals surface area contributed by atoms with Gasteiger partial charge in [0.05, 0.1) is 0 Å². The first-order valence-electron chi connectivity index (χ1n) is 4.04. The molecule has 1 unspecified atom stereocenters. The van der Waals surface area contributed by atoms with Gasteiger partial charge in [0.15, 0.2) is 0 Å². The third-order valence-electron chi connectivity index (χ3n) is 2.02. The van der Waals surface area contributed by atoms with Gasteiger partial charge in [0, 0.05) is 10.5 Å². The molecule has 2 N–H and O–H groups in total. The van der Waals surface area contributed by atoms with Crippen molar-refractivity contribution in [3.8, 4) is 0 Å². The molecule has 0 aliphatic heterocycles. The van der Waals surface area contributed by atoms with E-state index in [0.717, 1.165) is 4.47 Å². The van der Waals surface area contributed by atoms with Crippen molar-refractivity contribution < 1.29 is 0 Å². The second kappa shape index (κ2) is 3.58. The summed E-state index contributed by atoms with van der Waals surface area (Å²) < 4.78 is 1.15. The van der Waals surface area contributed by atoms with E-state index in [-0.39, 0.29) is 6.04 Å². The molecule has 0 fully saturated rings. The lowest BCUT2D eigenvalue weighted by Gasteiger charge is -2.12. The largest absolute Gasteiger partial charge is 0.324 e. The van der Waals surface area contributed by atoms with Crippen molar-refractivity contribution in [2.24, 2.45) is 5.73 Å². The van der Waals surface area contributed by atoms with Gasteiger partial charge in [-0.05, 0) is 43.5 Å². The standard InChI is InChI=1S/C10H14BrN/c1-6-4-9(8(3)12)7(2)10(11)5-6/h4-5,8H,12H2,1-3H3. The van der Waals surface area contributed by atoms with Crippen LogP contribution in [0, 0.1) is 13.8 Å². The summed E-state index contributed by atoms with van der Waals surface area (Å²) in [5, 5.41) is 0. The van der Waals surface area contributed by atoms with Crippen LogP contribution in [0.4, 0.5) is 0 Å². The van der Waals surface area contributed by atoms with E-state index >= 15 is 0 Å². The molecule has 0 saturated heterocycles. The second-order valence-corrected chi connectivity index (χ2v) is 4.10. The van der Waals surface area contributed by atoms with Gasteiger partial charge in [-0.1, -0.05) is 22.0 Å². The molecule has 0 heterocycles. The van der Waals surface area contributed by atoms with Gasteiger partial charge in [0.1, 0.15) is 0 Å². The van der Waals surface area contributed by atoms with Crippen LogP contribution in [-0.2, 0) is 0 Å². The van der Waals surface area contributed by atoms with E-state index in [2.05, 4.69) is 41.9 Å². The summed E-state index contributed by atoms with van der Waals surface area (Å²) >= 11 is 3.51.